The van der Waals surface area contributed by atoms with Crippen LogP contribution in [0.3, 0.4) is 0 Å². The zero-order valence-corrected chi connectivity index (χ0v) is 20.0. The fourth-order valence-corrected chi connectivity index (χ4v) is 4.76. The van der Waals surface area contributed by atoms with Gasteiger partial charge in [0.05, 0.1) is 4.90 Å². The van der Waals surface area contributed by atoms with Crippen LogP contribution in [0.25, 0.3) is 0 Å². The number of carbonyl (C=O) groups excluding carboxylic acids is 1. The Balaban J connectivity index is 1.44. The number of nitrogens with zero attached hydrogens (tertiary/aromatic N) is 2. The Kier molecular flexibility index (Phi) is 8.28. The molecule has 0 atom stereocenters. The van der Waals surface area contributed by atoms with E-state index in [1.54, 1.807) is 42.5 Å². The van der Waals surface area contributed by atoms with Crippen molar-refractivity contribution in [3.05, 3.63) is 59.2 Å². The second kappa shape index (κ2) is 10.9. The molecule has 0 bridgehead atoms. The molecule has 2 aromatic rings. The molecule has 1 amide bonds. The van der Waals surface area contributed by atoms with Crippen LogP contribution in [0.4, 0.5) is 5.69 Å². The highest BCUT2D eigenvalue weighted by molar-refractivity contribution is 7.92. The second-order valence-corrected chi connectivity index (χ2v) is 10.2. The van der Waals surface area contributed by atoms with E-state index in [0.717, 1.165) is 56.7 Å². The highest BCUT2D eigenvalue weighted by atomic mass is 32.2. The van der Waals surface area contributed by atoms with Crippen molar-refractivity contribution < 1.29 is 13.2 Å². The van der Waals surface area contributed by atoms with Crippen LogP contribution < -0.4 is 10.0 Å². The van der Waals surface area contributed by atoms with Gasteiger partial charge in [0, 0.05) is 44.0 Å². The second-order valence-electron chi connectivity index (χ2n) is 8.54. The number of anilines is 1. The summed E-state index contributed by atoms with van der Waals surface area (Å²) in [5, 5.41) is 2.94. The number of piperazine rings is 1. The minimum Gasteiger partial charge on any atom is -0.352 e. The number of sulfonamides is 1. The first-order valence-corrected chi connectivity index (χ1v) is 12.6. The predicted octanol–water partition coefficient (Wildman–Crippen LogP) is 2.86. The molecular weight excluding hydrogens is 424 g/mol. The van der Waals surface area contributed by atoms with Crippen LogP contribution in [-0.2, 0) is 10.0 Å². The van der Waals surface area contributed by atoms with Gasteiger partial charge in [-0.1, -0.05) is 6.07 Å². The molecular formula is C24H34N4O3S. The third kappa shape index (κ3) is 6.79. The maximum absolute atomic E-state index is 12.6. The smallest absolute Gasteiger partial charge is 0.261 e. The number of carbonyl (C=O) groups is 1. The topological polar surface area (TPSA) is 81.7 Å². The summed E-state index contributed by atoms with van der Waals surface area (Å²) in [6.07, 6.45) is 2.00. The summed E-state index contributed by atoms with van der Waals surface area (Å²) < 4.78 is 27.8. The zero-order valence-electron chi connectivity index (χ0n) is 19.2. The van der Waals surface area contributed by atoms with E-state index in [4.69, 9.17) is 0 Å². The normalized spacial score (nSPS) is 15.5. The molecule has 0 saturated carbocycles. The Morgan fingerprint density at radius 2 is 1.62 bits per heavy atom. The zero-order chi connectivity index (χ0) is 23.1. The molecule has 0 aliphatic carbocycles. The summed E-state index contributed by atoms with van der Waals surface area (Å²) in [5.41, 5.74) is 2.90. The van der Waals surface area contributed by atoms with Crippen LogP contribution in [0.15, 0.2) is 47.4 Å². The van der Waals surface area contributed by atoms with Gasteiger partial charge >= 0.3 is 0 Å². The highest BCUT2D eigenvalue weighted by Crippen LogP contribution is 2.19. The molecule has 1 aliphatic rings. The fourth-order valence-electron chi connectivity index (χ4n) is 3.62. The monoisotopic (exact) mass is 458 g/mol. The van der Waals surface area contributed by atoms with Gasteiger partial charge in [-0.05, 0) is 87.8 Å². The average Bonchev–Trinajstić information content (AvgIpc) is 2.76. The van der Waals surface area contributed by atoms with Crippen LogP contribution in [0.5, 0.6) is 0 Å². The van der Waals surface area contributed by atoms with Crippen LogP contribution >= 0.6 is 0 Å². The first-order valence-electron chi connectivity index (χ1n) is 11.1. The van der Waals surface area contributed by atoms with Crippen molar-refractivity contribution in [3.63, 3.8) is 0 Å². The average molecular weight is 459 g/mol. The lowest BCUT2D eigenvalue weighted by molar-refractivity contribution is 0.0952. The van der Waals surface area contributed by atoms with Gasteiger partial charge in [-0.15, -0.1) is 0 Å². The van der Waals surface area contributed by atoms with E-state index in [-0.39, 0.29) is 10.8 Å². The van der Waals surface area contributed by atoms with Crippen molar-refractivity contribution >= 4 is 21.6 Å². The van der Waals surface area contributed by atoms with E-state index < -0.39 is 10.0 Å². The molecule has 3 rings (SSSR count). The summed E-state index contributed by atoms with van der Waals surface area (Å²) in [5.74, 6) is -0.145. The summed E-state index contributed by atoms with van der Waals surface area (Å²) in [6.45, 7) is 9.99. The Morgan fingerprint density at radius 1 is 0.938 bits per heavy atom. The third-order valence-corrected chi connectivity index (χ3v) is 7.35. The summed E-state index contributed by atoms with van der Waals surface area (Å²) >= 11 is 0. The SMILES string of the molecule is Cc1ccc(S(=O)(=O)Nc2ccc(C(=O)NCCCCN3CCN(C)CC3)cc2)cc1C. The van der Waals surface area contributed by atoms with E-state index in [1.807, 2.05) is 13.8 Å². The molecule has 0 aromatic heterocycles. The maximum Gasteiger partial charge on any atom is 0.261 e. The molecule has 32 heavy (non-hydrogen) atoms. The van der Waals surface area contributed by atoms with Crippen LogP contribution in [0, 0.1) is 13.8 Å². The standard InChI is InChI=1S/C24H34N4O3S/c1-19-6-11-23(18-20(19)2)32(30,31)26-22-9-7-21(8-10-22)24(29)25-12-4-5-13-28-16-14-27(3)15-17-28/h6-11,18,26H,4-5,12-17H2,1-3H3,(H,25,29). The molecule has 0 unspecified atom stereocenters. The molecule has 2 N–H and O–H groups in total. The quantitative estimate of drug-likeness (QED) is 0.565. The van der Waals surface area contributed by atoms with Gasteiger partial charge in [-0.3, -0.25) is 9.52 Å². The lowest BCUT2D eigenvalue weighted by atomic mass is 10.1. The highest BCUT2D eigenvalue weighted by Gasteiger charge is 2.16. The predicted molar refractivity (Wildman–Crippen MR) is 129 cm³/mol. The fraction of sp³-hybridized carbons (Fsp3) is 0.458. The number of rotatable bonds is 9. The molecule has 1 aliphatic heterocycles. The lowest BCUT2D eigenvalue weighted by Gasteiger charge is -2.32. The van der Waals surface area contributed by atoms with E-state index >= 15 is 0 Å². The molecule has 0 radical (unpaired) electrons. The minimum atomic E-state index is -3.68. The number of amides is 1. The van der Waals surface area contributed by atoms with Crippen molar-refractivity contribution in [2.75, 3.05) is 51.0 Å². The Bertz CT molecular complexity index is 1010. The van der Waals surface area contributed by atoms with Crippen molar-refractivity contribution in [2.24, 2.45) is 0 Å². The van der Waals surface area contributed by atoms with E-state index in [2.05, 4.69) is 26.9 Å². The molecule has 1 heterocycles. The molecule has 1 fully saturated rings. The largest absolute Gasteiger partial charge is 0.352 e. The van der Waals surface area contributed by atoms with Gasteiger partial charge in [-0.25, -0.2) is 8.42 Å². The summed E-state index contributed by atoms with van der Waals surface area (Å²) in [6, 6.07) is 11.5. The first kappa shape index (κ1) is 24.2. The number of nitrogens with one attached hydrogen (secondary N) is 2. The van der Waals surface area contributed by atoms with Gasteiger partial charge in [-0.2, -0.15) is 0 Å². The van der Waals surface area contributed by atoms with Crippen LogP contribution in [-0.4, -0.2) is 70.4 Å². The van der Waals surface area contributed by atoms with Crippen molar-refractivity contribution in [3.8, 4) is 0 Å². The Morgan fingerprint density at radius 3 is 2.28 bits per heavy atom. The number of hydrogen-bond donors (Lipinski definition) is 2. The number of benzene rings is 2. The number of aryl methyl sites for hydroxylation is 2. The Hall–Kier alpha value is -2.42. The first-order chi connectivity index (χ1) is 15.2. The van der Waals surface area contributed by atoms with Gasteiger partial charge in [0.25, 0.3) is 15.9 Å². The van der Waals surface area contributed by atoms with Crippen molar-refractivity contribution in [1.82, 2.24) is 15.1 Å². The number of hydrogen-bond acceptors (Lipinski definition) is 5. The molecule has 1 saturated heterocycles. The van der Waals surface area contributed by atoms with Crippen molar-refractivity contribution in [2.45, 2.75) is 31.6 Å². The molecule has 174 valence electrons. The molecule has 7 nitrogen and oxygen atoms in total. The molecule has 0 spiro atoms. The molecule has 2 aromatic carbocycles. The lowest BCUT2D eigenvalue weighted by Crippen LogP contribution is -2.44. The van der Waals surface area contributed by atoms with Gasteiger partial charge < -0.3 is 15.1 Å². The van der Waals surface area contributed by atoms with Crippen LogP contribution in [0.1, 0.15) is 34.3 Å². The van der Waals surface area contributed by atoms with Gasteiger partial charge in [0.1, 0.15) is 0 Å². The Labute approximate surface area is 191 Å². The molecule has 8 heteroatoms. The van der Waals surface area contributed by atoms with E-state index in [1.165, 1.54) is 0 Å². The van der Waals surface area contributed by atoms with Gasteiger partial charge in [0.15, 0.2) is 0 Å². The third-order valence-electron chi connectivity index (χ3n) is 5.97. The van der Waals surface area contributed by atoms with Crippen molar-refractivity contribution in [1.29, 1.82) is 0 Å². The van der Waals surface area contributed by atoms with E-state index in [9.17, 15) is 13.2 Å². The summed E-state index contributed by atoms with van der Waals surface area (Å²) in [4.78, 5) is 17.4. The minimum absolute atomic E-state index is 0.145. The summed E-state index contributed by atoms with van der Waals surface area (Å²) in [7, 11) is -1.52. The van der Waals surface area contributed by atoms with Gasteiger partial charge in [0.2, 0.25) is 0 Å². The van der Waals surface area contributed by atoms with E-state index in [0.29, 0.717) is 17.8 Å². The maximum atomic E-state index is 12.6. The number of unbranched alkanes of at least 4 members (excludes halogenated alkanes) is 1. The number of likely N-dealkylation sites (N-methyl/N-ethyl adjacent to an activating group) is 1. The van der Waals surface area contributed by atoms with Crippen LogP contribution in [0.2, 0.25) is 0 Å².